The summed E-state index contributed by atoms with van der Waals surface area (Å²) in [5.41, 5.74) is 3.73. The van der Waals surface area contributed by atoms with Gasteiger partial charge in [0.05, 0.1) is 12.8 Å². The Hall–Kier alpha value is -2.55. The van der Waals surface area contributed by atoms with Gasteiger partial charge in [-0.1, -0.05) is 30.3 Å². The molecule has 106 valence electrons. The van der Waals surface area contributed by atoms with Crippen molar-refractivity contribution in [2.75, 3.05) is 18.6 Å². The van der Waals surface area contributed by atoms with Gasteiger partial charge in [-0.3, -0.25) is 4.79 Å². The van der Waals surface area contributed by atoms with E-state index in [0.29, 0.717) is 6.54 Å². The molecule has 0 atom stereocenters. The molecule has 0 aromatic heterocycles. The van der Waals surface area contributed by atoms with Gasteiger partial charge in [0, 0.05) is 17.7 Å². The van der Waals surface area contributed by atoms with Gasteiger partial charge in [0.25, 0.3) is 5.91 Å². The van der Waals surface area contributed by atoms with E-state index in [0.717, 1.165) is 28.1 Å². The zero-order valence-corrected chi connectivity index (χ0v) is 12.2. The zero-order valence-electron chi connectivity index (χ0n) is 12.2. The average molecular weight is 279 g/mol. The summed E-state index contributed by atoms with van der Waals surface area (Å²) < 4.78 is 5.16. The third kappa shape index (κ3) is 2.31. The van der Waals surface area contributed by atoms with Crippen LogP contribution in [0.1, 0.15) is 18.1 Å². The Morgan fingerprint density at radius 3 is 2.48 bits per heavy atom. The van der Waals surface area contributed by atoms with E-state index in [1.807, 2.05) is 66.4 Å². The molecule has 0 bridgehead atoms. The Bertz CT molecular complexity index is 701. The summed E-state index contributed by atoms with van der Waals surface area (Å²) in [6.45, 7) is 2.67. The van der Waals surface area contributed by atoms with Crippen LogP contribution >= 0.6 is 0 Å². The SMILES string of the molecule is CCN1C(=O)/C(=C\c2ccc(OC)cc2)c2ccccc21. The topological polar surface area (TPSA) is 29.5 Å². The van der Waals surface area contributed by atoms with Crippen LogP contribution in [0, 0.1) is 0 Å². The summed E-state index contributed by atoms with van der Waals surface area (Å²) in [6.07, 6.45) is 1.94. The number of hydrogen-bond acceptors (Lipinski definition) is 2. The molecule has 0 fully saturated rings. The molecule has 1 heterocycles. The number of likely N-dealkylation sites (N-methyl/N-ethyl adjacent to an activating group) is 1. The summed E-state index contributed by atoms with van der Waals surface area (Å²) in [7, 11) is 1.64. The molecule has 0 unspecified atom stereocenters. The summed E-state index contributed by atoms with van der Waals surface area (Å²) >= 11 is 0. The van der Waals surface area contributed by atoms with Gasteiger partial charge in [-0.2, -0.15) is 0 Å². The second-order valence-corrected chi connectivity index (χ2v) is 4.90. The fourth-order valence-corrected chi connectivity index (χ4v) is 2.63. The third-order valence-corrected chi connectivity index (χ3v) is 3.70. The molecule has 1 aliphatic heterocycles. The molecule has 2 aromatic rings. The number of carbonyl (C=O) groups is 1. The summed E-state index contributed by atoms with van der Waals surface area (Å²) in [6, 6.07) is 15.6. The van der Waals surface area contributed by atoms with E-state index < -0.39 is 0 Å². The monoisotopic (exact) mass is 279 g/mol. The van der Waals surface area contributed by atoms with Crippen molar-refractivity contribution >= 4 is 23.2 Å². The van der Waals surface area contributed by atoms with Gasteiger partial charge in [0.1, 0.15) is 5.75 Å². The molecule has 1 amide bonds. The minimum absolute atomic E-state index is 0.0644. The highest BCUT2D eigenvalue weighted by Gasteiger charge is 2.30. The molecule has 0 radical (unpaired) electrons. The lowest BCUT2D eigenvalue weighted by Gasteiger charge is -2.13. The minimum Gasteiger partial charge on any atom is -0.497 e. The number of methoxy groups -OCH3 is 1. The first kappa shape index (κ1) is 13.4. The molecule has 1 aliphatic rings. The van der Waals surface area contributed by atoms with Crippen LogP contribution in [0.15, 0.2) is 48.5 Å². The summed E-state index contributed by atoms with van der Waals surface area (Å²) in [5.74, 6) is 0.875. The van der Waals surface area contributed by atoms with Crippen molar-refractivity contribution in [2.24, 2.45) is 0 Å². The molecule has 3 nitrogen and oxygen atoms in total. The van der Waals surface area contributed by atoms with Crippen molar-refractivity contribution in [1.82, 2.24) is 0 Å². The molecule has 2 aromatic carbocycles. The van der Waals surface area contributed by atoms with Crippen molar-refractivity contribution in [3.05, 3.63) is 59.7 Å². The molecular weight excluding hydrogens is 262 g/mol. The molecular formula is C18H17NO2. The average Bonchev–Trinajstić information content (AvgIpc) is 2.80. The van der Waals surface area contributed by atoms with Crippen LogP contribution in [-0.2, 0) is 4.79 Å². The molecule has 0 spiro atoms. The Kier molecular flexibility index (Phi) is 3.48. The maximum absolute atomic E-state index is 12.6. The third-order valence-electron chi connectivity index (χ3n) is 3.70. The van der Waals surface area contributed by atoms with Crippen LogP contribution < -0.4 is 9.64 Å². The number of anilines is 1. The van der Waals surface area contributed by atoms with E-state index in [9.17, 15) is 4.79 Å². The van der Waals surface area contributed by atoms with Crippen molar-refractivity contribution in [3.63, 3.8) is 0 Å². The smallest absolute Gasteiger partial charge is 0.258 e. The molecule has 21 heavy (non-hydrogen) atoms. The highest BCUT2D eigenvalue weighted by atomic mass is 16.5. The number of ether oxygens (including phenoxy) is 1. The molecule has 0 N–H and O–H groups in total. The van der Waals surface area contributed by atoms with Crippen LogP contribution in [0.25, 0.3) is 11.6 Å². The van der Waals surface area contributed by atoms with Gasteiger partial charge < -0.3 is 9.64 Å². The predicted molar refractivity (Wildman–Crippen MR) is 85.3 cm³/mol. The minimum atomic E-state index is 0.0644. The Morgan fingerprint density at radius 2 is 1.81 bits per heavy atom. The molecule has 3 rings (SSSR count). The second kappa shape index (κ2) is 5.44. The molecule has 3 heteroatoms. The lowest BCUT2D eigenvalue weighted by molar-refractivity contribution is -0.112. The lowest BCUT2D eigenvalue weighted by atomic mass is 10.0. The van der Waals surface area contributed by atoms with Gasteiger partial charge in [0.2, 0.25) is 0 Å². The van der Waals surface area contributed by atoms with E-state index >= 15 is 0 Å². The van der Waals surface area contributed by atoms with Crippen LogP contribution in [0.5, 0.6) is 5.75 Å². The Balaban J connectivity index is 2.05. The standard InChI is InChI=1S/C18H17NO2/c1-3-19-17-7-5-4-6-15(17)16(18(19)20)12-13-8-10-14(21-2)11-9-13/h4-12H,3H2,1-2H3/b16-12-. The van der Waals surface area contributed by atoms with E-state index in [-0.39, 0.29) is 5.91 Å². The largest absolute Gasteiger partial charge is 0.497 e. The number of nitrogens with zero attached hydrogens (tertiary/aromatic N) is 1. The highest BCUT2D eigenvalue weighted by molar-refractivity contribution is 6.35. The Morgan fingerprint density at radius 1 is 1.10 bits per heavy atom. The maximum Gasteiger partial charge on any atom is 0.258 e. The van der Waals surface area contributed by atoms with Gasteiger partial charge >= 0.3 is 0 Å². The first-order chi connectivity index (χ1) is 10.2. The lowest BCUT2D eigenvalue weighted by Crippen LogP contribution is -2.25. The quantitative estimate of drug-likeness (QED) is 0.803. The fourth-order valence-electron chi connectivity index (χ4n) is 2.63. The van der Waals surface area contributed by atoms with Crippen LogP contribution in [0.4, 0.5) is 5.69 Å². The molecule has 0 saturated carbocycles. The zero-order chi connectivity index (χ0) is 14.8. The van der Waals surface area contributed by atoms with E-state index in [1.54, 1.807) is 7.11 Å². The van der Waals surface area contributed by atoms with Crippen LogP contribution in [0.3, 0.4) is 0 Å². The second-order valence-electron chi connectivity index (χ2n) is 4.90. The van der Waals surface area contributed by atoms with Crippen LogP contribution in [0.2, 0.25) is 0 Å². The summed E-state index contributed by atoms with van der Waals surface area (Å²) in [5, 5.41) is 0. The van der Waals surface area contributed by atoms with Crippen molar-refractivity contribution in [1.29, 1.82) is 0 Å². The maximum atomic E-state index is 12.6. The number of rotatable bonds is 3. The normalized spacial score (nSPS) is 15.4. The van der Waals surface area contributed by atoms with E-state index in [1.165, 1.54) is 0 Å². The van der Waals surface area contributed by atoms with Crippen LogP contribution in [-0.4, -0.2) is 19.6 Å². The van der Waals surface area contributed by atoms with E-state index in [4.69, 9.17) is 4.74 Å². The summed E-state index contributed by atoms with van der Waals surface area (Å²) in [4.78, 5) is 14.4. The first-order valence-corrected chi connectivity index (χ1v) is 7.01. The van der Waals surface area contributed by atoms with Crippen molar-refractivity contribution in [3.8, 4) is 5.75 Å². The van der Waals surface area contributed by atoms with Crippen molar-refractivity contribution < 1.29 is 9.53 Å². The Labute approximate surface area is 124 Å². The highest BCUT2D eigenvalue weighted by Crippen LogP contribution is 2.37. The number of carbonyl (C=O) groups excluding carboxylic acids is 1. The van der Waals surface area contributed by atoms with E-state index in [2.05, 4.69) is 0 Å². The number of amides is 1. The predicted octanol–water partition coefficient (Wildman–Crippen LogP) is 3.60. The van der Waals surface area contributed by atoms with Gasteiger partial charge in [-0.15, -0.1) is 0 Å². The van der Waals surface area contributed by atoms with Gasteiger partial charge in [-0.25, -0.2) is 0 Å². The number of fused-ring (bicyclic) bond motifs is 1. The van der Waals surface area contributed by atoms with Crippen molar-refractivity contribution in [2.45, 2.75) is 6.92 Å². The fraction of sp³-hybridized carbons (Fsp3) is 0.167. The molecule has 0 aliphatic carbocycles. The van der Waals surface area contributed by atoms with Gasteiger partial charge in [0.15, 0.2) is 0 Å². The van der Waals surface area contributed by atoms with Gasteiger partial charge in [-0.05, 0) is 36.8 Å². The number of hydrogen-bond donors (Lipinski definition) is 0. The first-order valence-electron chi connectivity index (χ1n) is 7.01. The number of benzene rings is 2. The molecule has 0 saturated heterocycles. The number of para-hydroxylation sites is 1.